The molecule has 3 aromatic rings. The Morgan fingerprint density at radius 1 is 1.22 bits per heavy atom. The predicted octanol–water partition coefficient (Wildman–Crippen LogP) is 1.85. The molecule has 18 heavy (non-hydrogen) atoms. The third-order valence-corrected chi connectivity index (χ3v) is 3.34. The minimum atomic E-state index is 0.386. The van der Waals surface area contributed by atoms with Crippen LogP contribution >= 0.6 is 11.3 Å². The zero-order valence-corrected chi connectivity index (χ0v) is 10.3. The zero-order chi connectivity index (χ0) is 12.4. The van der Waals surface area contributed by atoms with E-state index in [1.807, 2.05) is 35.7 Å². The summed E-state index contributed by atoms with van der Waals surface area (Å²) in [6.45, 7) is 0.386. The van der Waals surface area contributed by atoms with Crippen LogP contribution in [-0.2, 0) is 6.54 Å². The fourth-order valence-electron chi connectivity index (χ4n) is 1.60. The maximum absolute atomic E-state index is 5.50. The fraction of sp³-hybridized carbons (Fsp3) is 0.0833. The summed E-state index contributed by atoms with van der Waals surface area (Å²) in [6.07, 6.45) is 1.80. The third-order valence-electron chi connectivity index (χ3n) is 2.51. The minimum absolute atomic E-state index is 0.386. The average molecular weight is 257 g/mol. The van der Waals surface area contributed by atoms with Gasteiger partial charge >= 0.3 is 0 Å². The van der Waals surface area contributed by atoms with Crippen LogP contribution in [0.1, 0.15) is 5.69 Å². The molecule has 0 fully saturated rings. The molecule has 0 unspecified atom stereocenters. The van der Waals surface area contributed by atoms with Gasteiger partial charge in [-0.05, 0) is 0 Å². The Labute approximate surface area is 108 Å². The van der Waals surface area contributed by atoms with Crippen LogP contribution in [0.3, 0.4) is 0 Å². The molecule has 0 radical (unpaired) electrons. The van der Waals surface area contributed by atoms with Crippen molar-refractivity contribution in [3.05, 3.63) is 47.6 Å². The van der Waals surface area contributed by atoms with Crippen molar-refractivity contribution in [1.29, 1.82) is 0 Å². The van der Waals surface area contributed by atoms with Gasteiger partial charge in [0.1, 0.15) is 0 Å². The number of nitrogens with zero attached hydrogens (tertiary/aromatic N) is 4. The van der Waals surface area contributed by atoms with E-state index in [0.29, 0.717) is 6.54 Å². The summed E-state index contributed by atoms with van der Waals surface area (Å²) >= 11 is 1.53. The highest BCUT2D eigenvalue weighted by atomic mass is 32.1. The summed E-state index contributed by atoms with van der Waals surface area (Å²) < 4.78 is 1.65. The zero-order valence-electron chi connectivity index (χ0n) is 9.52. The Morgan fingerprint density at radius 3 is 2.78 bits per heavy atom. The van der Waals surface area contributed by atoms with E-state index in [2.05, 4.69) is 15.3 Å². The van der Waals surface area contributed by atoms with E-state index >= 15 is 0 Å². The topological polar surface area (TPSA) is 69.6 Å². The number of thiazole rings is 1. The molecule has 0 amide bonds. The first-order valence-corrected chi connectivity index (χ1v) is 6.37. The van der Waals surface area contributed by atoms with Crippen LogP contribution < -0.4 is 5.73 Å². The van der Waals surface area contributed by atoms with Crippen molar-refractivity contribution in [3.63, 3.8) is 0 Å². The van der Waals surface area contributed by atoms with Gasteiger partial charge in [-0.3, -0.25) is 0 Å². The number of nitrogens with two attached hydrogens (primary N) is 1. The van der Waals surface area contributed by atoms with Crippen molar-refractivity contribution in [2.45, 2.75) is 6.54 Å². The summed E-state index contributed by atoms with van der Waals surface area (Å²) in [4.78, 5) is 4.54. The van der Waals surface area contributed by atoms with Crippen LogP contribution in [0.15, 0.2) is 41.9 Å². The molecule has 5 nitrogen and oxygen atoms in total. The van der Waals surface area contributed by atoms with Crippen molar-refractivity contribution < 1.29 is 0 Å². The maximum Gasteiger partial charge on any atom is 0.212 e. The van der Waals surface area contributed by atoms with E-state index in [4.69, 9.17) is 5.73 Å². The third kappa shape index (κ3) is 2.03. The molecule has 0 atom stereocenters. The molecule has 6 heteroatoms. The molecule has 1 aromatic carbocycles. The second-order valence-corrected chi connectivity index (χ2v) is 4.58. The number of rotatable bonds is 3. The minimum Gasteiger partial charge on any atom is -0.325 e. The van der Waals surface area contributed by atoms with Crippen molar-refractivity contribution >= 4 is 11.3 Å². The van der Waals surface area contributed by atoms with Crippen molar-refractivity contribution in [3.8, 4) is 16.4 Å². The maximum atomic E-state index is 5.50. The van der Waals surface area contributed by atoms with Gasteiger partial charge in [-0.15, -0.1) is 16.4 Å². The van der Waals surface area contributed by atoms with E-state index in [-0.39, 0.29) is 0 Å². The van der Waals surface area contributed by atoms with Crippen LogP contribution in [0.5, 0.6) is 0 Å². The highest BCUT2D eigenvalue weighted by Crippen LogP contribution is 2.23. The molecule has 0 spiro atoms. The largest absolute Gasteiger partial charge is 0.325 e. The van der Waals surface area contributed by atoms with Crippen molar-refractivity contribution in [2.24, 2.45) is 5.73 Å². The SMILES string of the molecule is NCc1cn(-c2nc(-c3ccccc3)cs2)nn1. The number of benzene rings is 1. The van der Waals surface area contributed by atoms with Gasteiger partial charge < -0.3 is 5.73 Å². The molecule has 2 heterocycles. The lowest BCUT2D eigenvalue weighted by Gasteiger charge is -1.94. The molecule has 2 N–H and O–H groups in total. The van der Waals surface area contributed by atoms with Crippen molar-refractivity contribution in [2.75, 3.05) is 0 Å². The first-order chi connectivity index (χ1) is 8.86. The Bertz CT molecular complexity index is 643. The molecular formula is C12H11N5S. The van der Waals surface area contributed by atoms with Crippen LogP contribution in [-0.4, -0.2) is 20.0 Å². The predicted molar refractivity (Wildman–Crippen MR) is 70.4 cm³/mol. The summed E-state index contributed by atoms with van der Waals surface area (Å²) in [5.41, 5.74) is 8.30. The highest BCUT2D eigenvalue weighted by molar-refractivity contribution is 7.12. The van der Waals surface area contributed by atoms with Gasteiger partial charge in [-0.25, -0.2) is 4.98 Å². The van der Waals surface area contributed by atoms with Gasteiger partial charge in [0.15, 0.2) is 0 Å². The summed E-state index contributed by atoms with van der Waals surface area (Å²) in [7, 11) is 0. The average Bonchev–Trinajstić information content (AvgIpc) is 3.08. The van der Waals surface area contributed by atoms with E-state index in [9.17, 15) is 0 Å². The normalized spacial score (nSPS) is 10.7. The molecule has 90 valence electrons. The van der Waals surface area contributed by atoms with Crippen molar-refractivity contribution in [1.82, 2.24) is 20.0 Å². The molecule has 0 aliphatic heterocycles. The quantitative estimate of drug-likeness (QED) is 0.777. The summed E-state index contributed by atoms with van der Waals surface area (Å²) in [5, 5.41) is 10.7. The lowest BCUT2D eigenvalue weighted by molar-refractivity contribution is 0.791. The van der Waals surface area contributed by atoms with Crippen LogP contribution in [0, 0.1) is 0 Å². The molecule has 0 aliphatic carbocycles. The lowest BCUT2D eigenvalue weighted by atomic mass is 10.2. The Balaban J connectivity index is 1.94. The van der Waals surface area contributed by atoms with Crippen LogP contribution in [0.2, 0.25) is 0 Å². The number of aromatic nitrogens is 4. The molecule has 3 rings (SSSR count). The monoisotopic (exact) mass is 257 g/mol. The van der Waals surface area contributed by atoms with Gasteiger partial charge in [-0.1, -0.05) is 35.5 Å². The van der Waals surface area contributed by atoms with E-state index in [1.54, 1.807) is 10.9 Å². The highest BCUT2D eigenvalue weighted by Gasteiger charge is 2.07. The smallest absolute Gasteiger partial charge is 0.212 e. The van der Waals surface area contributed by atoms with Gasteiger partial charge in [0.2, 0.25) is 5.13 Å². The standard InChI is InChI=1S/C12H11N5S/c13-6-10-7-17(16-15-10)12-14-11(8-18-12)9-4-2-1-3-5-9/h1-5,7-8H,6,13H2. The van der Waals surface area contributed by atoms with Gasteiger partial charge in [0.25, 0.3) is 0 Å². The first-order valence-electron chi connectivity index (χ1n) is 5.49. The Morgan fingerprint density at radius 2 is 2.06 bits per heavy atom. The molecule has 2 aromatic heterocycles. The summed E-state index contributed by atoms with van der Waals surface area (Å²) in [6, 6.07) is 10.0. The second kappa shape index (κ2) is 4.67. The molecular weight excluding hydrogens is 246 g/mol. The molecule has 0 aliphatic rings. The van der Waals surface area contributed by atoms with Gasteiger partial charge in [0, 0.05) is 17.5 Å². The van der Waals surface area contributed by atoms with Gasteiger partial charge in [0.05, 0.1) is 17.6 Å². The molecule has 0 saturated heterocycles. The van der Waals surface area contributed by atoms with Gasteiger partial charge in [-0.2, -0.15) is 4.68 Å². The molecule has 0 saturated carbocycles. The Hall–Kier alpha value is -2.05. The number of hydrogen-bond donors (Lipinski definition) is 1. The van der Waals surface area contributed by atoms with Crippen LogP contribution in [0.25, 0.3) is 16.4 Å². The lowest BCUT2D eigenvalue weighted by Crippen LogP contribution is -1.95. The van der Waals surface area contributed by atoms with E-state index in [0.717, 1.165) is 22.1 Å². The first kappa shape index (κ1) is 11.1. The van der Waals surface area contributed by atoms with E-state index in [1.165, 1.54) is 11.3 Å². The van der Waals surface area contributed by atoms with E-state index < -0.39 is 0 Å². The molecule has 0 bridgehead atoms. The second-order valence-electron chi connectivity index (χ2n) is 3.74. The fourth-order valence-corrected chi connectivity index (χ4v) is 2.35. The summed E-state index contributed by atoms with van der Waals surface area (Å²) in [5.74, 6) is 0. The van der Waals surface area contributed by atoms with Crippen LogP contribution in [0.4, 0.5) is 0 Å². The number of hydrogen-bond acceptors (Lipinski definition) is 5. The Kier molecular flexibility index (Phi) is 2.87.